The molecule has 0 unspecified atom stereocenters. The molecule has 1 aromatic heterocycles. The second kappa shape index (κ2) is 6.05. The molecule has 94 valence electrons. The zero-order valence-corrected chi connectivity index (χ0v) is 9.90. The lowest BCUT2D eigenvalue weighted by molar-refractivity contribution is -0.120. The number of amides is 1. The second-order valence-corrected chi connectivity index (χ2v) is 3.77. The minimum Gasteiger partial charge on any atom is -0.478 e. The molecule has 0 saturated carbocycles. The normalized spacial score (nSPS) is 10.5. The summed E-state index contributed by atoms with van der Waals surface area (Å²) < 4.78 is 5.11. The van der Waals surface area contributed by atoms with Crippen molar-refractivity contribution < 1.29 is 19.1 Å². The van der Waals surface area contributed by atoms with Crippen LogP contribution in [0.2, 0.25) is 0 Å². The fourth-order valence-corrected chi connectivity index (χ4v) is 1.34. The lowest BCUT2D eigenvalue weighted by Crippen LogP contribution is -2.26. The van der Waals surface area contributed by atoms with Crippen LogP contribution in [0.1, 0.15) is 22.5 Å². The number of hydrogen-bond donors (Lipinski definition) is 2. The molecule has 1 amide bonds. The van der Waals surface area contributed by atoms with Crippen LogP contribution < -0.4 is 5.32 Å². The predicted octanol–water partition coefficient (Wildman–Crippen LogP) is 0.546. The lowest BCUT2D eigenvalue weighted by atomic mass is 10.3. The van der Waals surface area contributed by atoms with Crippen LogP contribution in [0.3, 0.4) is 0 Å². The molecule has 1 heterocycles. The van der Waals surface area contributed by atoms with Crippen molar-refractivity contribution in [3.8, 4) is 0 Å². The van der Waals surface area contributed by atoms with Gasteiger partial charge in [0.25, 0.3) is 0 Å². The number of carbonyl (C=O) groups excluding carboxylic acids is 1. The van der Waals surface area contributed by atoms with Gasteiger partial charge in [0.1, 0.15) is 12.0 Å². The predicted molar refractivity (Wildman–Crippen MR) is 60.7 cm³/mol. The molecule has 6 nitrogen and oxygen atoms in total. The summed E-state index contributed by atoms with van der Waals surface area (Å²) in [7, 11) is 3.43. The third-order valence-corrected chi connectivity index (χ3v) is 2.33. The maximum Gasteiger partial charge on any atom is 0.338 e. The zero-order valence-electron chi connectivity index (χ0n) is 9.90. The monoisotopic (exact) mass is 240 g/mol. The smallest absolute Gasteiger partial charge is 0.338 e. The van der Waals surface area contributed by atoms with Gasteiger partial charge in [-0.3, -0.25) is 9.69 Å². The van der Waals surface area contributed by atoms with E-state index in [1.807, 2.05) is 11.9 Å². The molecule has 1 aromatic rings. The van der Waals surface area contributed by atoms with Crippen LogP contribution in [0.15, 0.2) is 16.7 Å². The maximum absolute atomic E-state index is 11.0. The van der Waals surface area contributed by atoms with Gasteiger partial charge in [-0.1, -0.05) is 0 Å². The summed E-state index contributed by atoms with van der Waals surface area (Å²) in [5.41, 5.74) is 0.139. The highest BCUT2D eigenvalue weighted by atomic mass is 16.4. The Morgan fingerprint density at radius 2 is 2.24 bits per heavy atom. The molecular weight excluding hydrogens is 224 g/mol. The summed E-state index contributed by atoms with van der Waals surface area (Å²) in [6.45, 7) is 1.06. The molecular formula is C11H16N2O4. The van der Waals surface area contributed by atoms with Crippen LogP contribution >= 0.6 is 0 Å². The summed E-state index contributed by atoms with van der Waals surface area (Å²) in [4.78, 5) is 23.5. The van der Waals surface area contributed by atoms with E-state index in [1.54, 1.807) is 7.05 Å². The quantitative estimate of drug-likeness (QED) is 0.758. The Hall–Kier alpha value is -1.82. The van der Waals surface area contributed by atoms with Gasteiger partial charge in [-0.05, 0) is 13.1 Å². The molecule has 6 heteroatoms. The average Bonchev–Trinajstić information content (AvgIpc) is 2.74. The molecule has 0 fully saturated rings. The number of furan rings is 1. The number of nitrogens with one attached hydrogen (secondary N) is 1. The molecule has 0 aliphatic heterocycles. The average molecular weight is 240 g/mol. The Kier molecular flexibility index (Phi) is 4.71. The van der Waals surface area contributed by atoms with E-state index in [4.69, 9.17) is 9.52 Å². The van der Waals surface area contributed by atoms with E-state index < -0.39 is 5.97 Å². The van der Waals surface area contributed by atoms with Gasteiger partial charge in [-0.25, -0.2) is 4.79 Å². The van der Waals surface area contributed by atoms with Gasteiger partial charge in [-0.15, -0.1) is 0 Å². The number of rotatable bonds is 6. The lowest BCUT2D eigenvalue weighted by Gasteiger charge is -2.13. The van der Waals surface area contributed by atoms with Crippen molar-refractivity contribution in [1.82, 2.24) is 10.2 Å². The Morgan fingerprint density at radius 1 is 1.53 bits per heavy atom. The van der Waals surface area contributed by atoms with E-state index >= 15 is 0 Å². The Labute approximate surface area is 99.2 Å². The van der Waals surface area contributed by atoms with Gasteiger partial charge in [0, 0.05) is 20.0 Å². The first-order chi connectivity index (χ1) is 8.02. The first-order valence-corrected chi connectivity index (χ1v) is 5.22. The Bertz CT molecular complexity index is 400. The van der Waals surface area contributed by atoms with Gasteiger partial charge in [0.05, 0.1) is 12.1 Å². The van der Waals surface area contributed by atoms with Crippen LogP contribution in [0.25, 0.3) is 0 Å². The maximum atomic E-state index is 11.0. The first-order valence-electron chi connectivity index (χ1n) is 5.22. The summed E-state index contributed by atoms with van der Waals surface area (Å²) in [6, 6.07) is 1.48. The van der Waals surface area contributed by atoms with Gasteiger partial charge >= 0.3 is 5.97 Å². The molecule has 1 rings (SSSR count). The van der Waals surface area contributed by atoms with Gasteiger partial charge in [-0.2, -0.15) is 0 Å². The highest BCUT2D eigenvalue weighted by Crippen LogP contribution is 2.09. The number of aromatic carboxylic acids is 1. The molecule has 0 spiro atoms. The fraction of sp³-hybridized carbons (Fsp3) is 0.455. The van der Waals surface area contributed by atoms with Gasteiger partial charge < -0.3 is 14.8 Å². The van der Waals surface area contributed by atoms with Crippen molar-refractivity contribution in [2.45, 2.75) is 13.0 Å². The van der Waals surface area contributed by atoms with Crippen LogP contribution in [0.4, 0.5) is 0 Å². The number of carbonyl (C=O) groups is 2. The van der Waals surface area contributed by atoms with Crippen LogP contribution in [0.5, 0.6) is 0 Å². The van der Waals surface area contributed by atoms with E-state index in [2.05, 4.69) is 5.32 Å². The van der Waals surface area contributed by atoms with Gasteiger partial charge in [0.2, 0.25) is 5.91 Å². The van der Waals surface area contributed by atoms with Crippen molar-refractivity contribution in [1.29, 1.82) is 0 Å². The topological polar surface area (TPSA) is 82.8 Å². The highest BCUT2D eigenvalue weighted by Gasteiger charge is 2.10. The van der Waals surface area contributed by atoms with Crippen molar-refractivity contribution in [2.75, 3.05) is 20.6 Å². The van der Waals surface area contributed by atoms with Crippen LogP contribution in [-0.2, 0) is 11.3 Å². The number of carboxylic acid groups (broad SMARTS) is 1. The van der Waals surface area contributed by atoms with E-state index in [0.717, 1.165) is 0 Å². The van der Waals surface area contributed by atoms with E-state index in [0.29, 0.717) is 25.3 Å². The van der Waals surface area contributed by atoms with Gasteiger partial charge in [0.15, 0.2) is 0 Å². The molecule has 0 bridgehead atoms. The van der Waals surface area contributed by atoms with Crippen molar-refractivity contribution >= 4 is 11.9 Å². The molecule has 17 heavy (non-hydrogen) atoms. The molecule has 0 atom stereocenters. The Balaban J connectivity index is 2.42. The standard InChI is InChI=1S/C11H16N2O4/c1-12-10(14)3-4-13(2)6-9-5-8(7-17-9)11(15)16/h5,7H,3-4,6H2,1-2H3,(H,12,14)(H,15,16). The molecule has 0 aromatic carbocycles. The second-order valence-electron chi connectivity index (χ2n) is 3.77. The molecule has 0 aliphatic carbocycles. The third kappa shape index (κ3) is 4.28. The van der Waals surface area contributed by atoms with E-state index in [1.165, 1.54) is 12.3 Å². The van der Waals surface area contributed by atoms with Crippen molar-refractivity contribution in [2.24, 2.45) is 0 Å². The van der Waals surface area contributed by atoms with Crippen LogP contribution in [-0.4, -0.2) is 42.5 Å². The minimum atomic E-state index is -1.01. The molecule has 0 saturated heterocycles. The first kappa shape index (κ1) is 13.2. The summed E-state index contributed by atoms with van der Waals surface area (Å²) in [5, 5.41) is 11.3. The summed E-state index contributed by atoms with van der Waals surface area (Å²) in [5.74, 6) is -0.461. The number of carboxylic acids is 1. The summed E-state index contributed by atoms with van der Waals surface area (Å²) in [6.07, 6.45) is 1.61. The number of nitrogens with zero attached hydrogens (tertiary/aromatic N) is 1. The molecule has 0 aliphatic rings. The fourth-order valence-electron chi connectivity index (χ4n) is 1.34. The van der Waals surface area contributed by atoms with E-state index in [-0.39, 0.29) is 11.5 Å². The number of hydrogen-bond acceptors (Lipinski definition) is 4. The van der Waals surface area contributed by atoms with Crippen molar-refractivity contribution in [3.05, 3.63) is 23.7 Å². The van der Waals surface area contributed by atoms with E-state index in [9.17, 15) is 9.59 Å². The molecule has 2 N–H and O–H groups in total. The largest absolute Gasteiger partial charge is 0.478 e. The van der Waals surface area contributed by atoms with Crippen molar-refractivity contribution in [3.63, 3.8) is 0 Å². The summed E-state index contributed by atoms with van der Waals surface area (Å²) >= 11 is 0. The zero-order chi connectivity index (χ0) is 12.8. The molecule has 0 radical (unpaired) electrons. The minimum absolute atomic E-state index is 0.0254. The SMILES string of the molecule is CNC(=O)CCN(C)Cc1cc(C(=O)O)co1. The van der Waals surface area contributed by atoms with Crippen LogP contribution in [0, 0.1) is 0 Å². The highest BCUT2D eigenvalue weighted by molar-refractivity contribution is 5.87. The Morgan fingerprint density at radius 3 is 2.76 bits per heavy atom. The third-order valence-electron chi connectivity index (χ3n) is 2.33.